The molecule has 0 aliphatic heterocycles. The Labute approximate surface area is 156 Å². The number of hydrogen-bond donors (Lipinski definition) is 2. The molecule has 0 aliphatic carbocycles. The number of nitrogens with one attached hydrogen (secondary N) is 2. The van der Waals surface area contributed by atoms with Crippen LogP contribution in [0.25, 0.3) is 0 Å². The fourth-order valence-corrected chi connectivity index (χ4v) is 2.36. The Morgan fingerprint density at radius 2 is 1.48 bits per heavy atom. The average molecular weight is 361 g/mol. The normalized spacial score (nSPS) is 10.7. The summed E-state index contributed by atoms with van der Waals surface area (Å²) in [5, 5.41) is 6.66. The maximum atomic E-state index is 12.2. The summed E-state index contributed by atoms with van der Waals surface area (Å²) in [5.41, 5.74) is 5.13. The SMILES string of the molecule is Cc1ccc(C(=O)Nc2ccc(C(=O)N/N=C/c3ccc(C)o3)cc2)cc1. The largest absolute Gasteiger partial charge is 0.460 e. The predicted octanol–water partition coefficient (Wildman–Crippen LogP) is 3.91. The van der Waals surface area contributed by atoms with Crippen molar-refractivity contribution in [1.82, 2.24) is 5.43 Å². The van der Waals surface area contributed by atoms with Crippen LogP contribution in [0.2, 0.25) is 0 Å². The highest BCUT2D eigenvalue weighted by Gasteiger charge is 2.08. The molecule has 136 valence electrons. The average Bonchev–Trinajstić information content (AvgIpc) is 3.08. The van der Waals surface area contributed by atoms with Crippen molar-refractivity contribution < 1.29 is 14.0 Å². The number of furan rings is 1. The Morgan fingerprint density at radius 3 is 2.11 bits per heavy atom. The standard InChI is InChI=1S/C21H19N3O3/c1-14-3-6-16(7-4-14)20(25)23-18-10-8-17(9-11-18)21(26)24-22-13-19-12-5-15(2)27-19/h3-13H,1-2H3,(H,23,25)(H,24,26)/b22-13+. The van der Waals surface area contributed by atoms with E-state index in [1.807, 2.05) is 32.0 Å². The van der Waals surface area contributed by atoms with E-state index in [-0.39, 0.29) is 11.8 Å². The Kier molecular flexibility index (Phi) is 5.47. The molecule has 0 unspecified atom stereocenters. The number of carbonyl (C=O) groups excluding carboxylic acids is 2. The number of rotatable bonds is 5. The summed E-state index contributed by atoms with van der Waals surface area (Å²) >= 11 is 0. The minimum absolute atomic E-state index is 0.203. The van der Waals surface area contributed by atoms with Crippen LogP contribution in [0, 0.1) is 13.8 Å². The van der Waals surface area contributed by atoms with E-state index < -0.39 is 0 Å². The molecule has 2 N–H and O–H groups in total. The van der Waals surface area contributed by atoms with Gasteiger partial charge in [0.25, 0.3) is 11.8 Å². The minimum atomic E-state index is -0.356. The second-order valence-electron chi connectivity index (χ2n) is 6.05. The molecule has 0 radical (unpaired) electrons. The summed E-state index contributed by atoms with van der Waals surface area (Å²) in [4.78, 5) is 24.3. The van der Waals surface area contributed by atoms with Gasteiger partial charge in [-0.15, -0.1) is 0 Å². The van der Waals surface area contributed by atoms with E-state index >= 15 is 0 Å². The lowest BCUT2D eigenvalue weighted by atomic mass is 10.1. The van der Waals surface area contributed by atoms with Crippen LogP contribution in [0.4, 0.5) is 5.69 Å². The molecule has 3 rings (SSSR count). The molecule has 0 bridgehead atoms. The van der Waals surface area contributed by atoms with E-state index in [4.69, 9.17) is 4.42 Å². The fraction of sp³-hybridized carbons (Fsp3) is 0.0952. The first-order valence-electron chi connectivity index (χ1n) is 8.39. The zero-order chi connectivity index (χ0) is 19.2. The van der Waals surface area contributed by atoms with Crippen LogP contribution in [0.5, 0.6) is 0 Å². The summed E-state index contributed by atoms with van der Waals surface area (Å²) in [7, 11) is 0. The van der Waals surface area contributed by atoms with Crippen LogP contribution in [-0.4, -0.2) is 18.0 Å². The second-order valence-corrected chi connectivity index (χ2v) is 6.05. The van der Waals surface area contributed by atoms with E-state index in [1.54, 1.807) is 42.5 Å². The van der Waals surface area contributed by atoms with Crippen LogP contribution in [0.3, 0.4) is 0 Å². The quantitative estimate of drug-likeness (QED) is 0.534. The lowest BCUT2D eigenvalue weighted by Gasteiger charge is -2.06. The molecular weight excluding hydrogens is 342 g/mol. The van der Waals surface area contributed by atoms with Gasteiger partial charge in [0.05, 0.1) is 6.21 Å². The van der Waals surface area contributed by atoms with Gasteiger partial charge in [-0.05, 0) is 62.4 Å². The molecule has 0 saturated carbocycles. The van der Waals surface area contributed by atoms with Crippen LogP contribution < -0.4 is 10.7 Å². The van der Waals surface area contributed by atoms with Crippen molar-refractivity contribution in [1.29, 1.82) is 0 Å². The first-order chi connectivity index (χ1) is 13.0. The van der Waals surface area contributed by atoms with Crippen molar-refractivity contribution in [3.05, 3.63) is 88.9 Å². The van der Waals surface area contributed by atoms with E-state index in [0.29, 0.717) is 22.6 Å². The summed E-state index contributed by atoms with van der Waals surface area (Å²) in [6.07, 6.45) is 1.43. The molecule has 6 heteroatoms. The first-order valence-corrected chi connectivity index (χ1v) is 8.39. The topological polar surface area (TPSA) is 83.7 Å². The molecule has 27 heavy (non-hydrogen) atoms. The zero-order valence-corrected chi connectivity index (χ0v) is 15.0. The third-order valence-corrected chi connectivity index (χ3v) is 3.84. The molecule has 2 amide bonds. The number of nitrogens with zero attached hydrogens (tertiary/aromatic N) is 1. The lowest BCUT2D eigenvalue weighted by molar-refractivity contribution is 0.0954. The van der Waals surface area contributed by atoms with Gasteiger partial charge in [0.15, 0.2) is 0 Å². The molecule has 1 heterocycles. The Balaban J connectivity index is 1.57. The number of anilines is 1. The molecular formula is C21H19N3O3. The van der Waals surface area contributed by atoms with Crippen molar-refractivity contribution in [3.8, 4) is 0 Å². The van der Waals surface area contributed by atoms with Crippen molar-refractivity contribution in [2.24, 2.45) is 5.10 Å². The van der Waals surface area contributed by atoms with Crippen LogP contribution in [0.1, 0.15) is 37.8 Å². The second kappa shape index (κ2) is 8.14. The number of benzene rings is 2. The highest BCUT2D eigenvalue weighted by molar-refractivity contribution is 6.04. The number of carbonyl (C=O) groups is 2. The van der Waals surface area contributed by atoms with E-state index in [0.717, 1.165) is 11.3 Å². The number of amides is 2. The first kappa shape index (κ1) is 18.1. The van der Waals surface area contributed by atoms with E-state index in [2.05, 4.69) is 15.8 Å². The number of hydrazone groups is 1. The van der Waals surface area contributed by atoms with Gasteiger partial charge >= 0.3 is 0 Å². The lowest BCUT2D eigenvalue weighted by Crippen LogP contribution is -2.17. The van der Waals surface area contributed by atoms with Crippen molar-refractivity contribution >= 4 is 23.7 Å². The molecule has 0 saturated heterocycles. The smallest absolute Gasteiger partial charge is 0.271 e. The van der Waals surface area contributed by atoms with Gasteiger partial charge in [0.2, 0.25) is 0 Å². The summed E-state index contributed by atoms with van der Waals surface area (Å²) in [6, 6.07) is 17.4. The monoisotopic (exact) mass is 361 g/mol. The van der Waals surface area contributed by atoms with Crippen molar-refractivity contribution in [2.45, 2.75) is 13.8 Å². The van der Waals surface area contributed by atoms with E-state index in [1.165, 1.54) is 6.21 Å². The van der Waals surface area contributed by atoms with Crippen molar-refractivity contribution in [2.75, 3.05) is 5.32 Å². The molecule has 3 aromatic rings. The molecule has 0 aliphatic rings. The van der Waals surface area contributed by atoms with Gasteiger partial charge < -0.3 is 9.73 Å². The van der Waals surface area contributed by atoms with Gasteiger partial charge in [0, 0.05) is 16.8 Å². The van der Waals surface area contributed by atoms with Gasteiger partial charge in [0.1, 0.15) is 11.5 Å². The Hall–Kier alpha value is -3.67. The third-order valence-electron chi connectivity index (χ3n) is 3.84. The summed E-state index contributed by atoms with van der Waals surface area (Å²) in [5.74, 6) is 0.768. The molecule has 6 nitrogen and oxygen atoms in total. The molecule has 1 aromatic heterocycles. The fourth-order valence-electron chi connectivity index (χ4n) is 2.36. The Morgan fingerprint density at radius 1 is 0.852 bits per heavy atom. The highest BCUT2D eigenvalue weighted by atomic mass is 16.3. The molecule has 2 aromatic carbocycles. The highest BCUT2D eigenvalue weighted by Crippen LogP contribution is 2.12. The maximum Gasteiger partial charge on any atom is 0.271 e. The van der Waals surface area contributed by atoms with Gasteiger partial charge in [-0.3, -0.25) is 9.59 Å². The Bertz CT molecular complexity index is 971. The number of aryl methyl sites for hydroxylation is 2. The van der Waals surface area contributed by atoms with Crippen molar-refractivity contribution in [3.63, 3.8) is 0 Å². The van der Waals surface area contributed by atoms with Gasteiger partial charge in [-0.2, -0.15) is 5.10 Å². The van der Waals surface area contributed by atoms with Crippen LogP contribution >= 0.6 is 0 Å². The minimum Gasteiger partial charge on any atom is -0.460 e. The molecule has 0 fully saturated rings. The predicted molar refractivity (Wildman–Crippen MR) is 104 cm³/mol. The maximum absolute atomic E-state index is 12.2. The molecule has 0 atom stereocenters. The molecule has 0 spiro atoms. The van der Waals surface area contributed by atoms with Gasteiger partial charge in [-0.25, -0.2) is 5.43 Å². The van der Waals surface area contributed by atoms with Crippen LogP contribution in [-0.2, 0) is 0 Å². The zero-order valence-electron chi connectivity index (χ0n) is 15.0. The van der Waals surface area contributed by atoms with Crippen LogP contribution in [0.15, 0.2) is 70.2 Å². The summed E-state index contributed by atoms with van der Waals surface area (Å²) < 4.78 is 5.33. The number of hydrogen-bond acceptors (Lipinski definition) is 4. The third kappa shape index (κ3) is 4.92. The summed E-state index contributed by atoms with van der Waals surface area (Å²) in [6.45, 7) is 3.79. The van der Waals surface area contributed by atoms with E-state index in [9.17, 15) is 9.59 Å². The van der Waals surface area contributed by atoms with Gasteiger partial charge in [-0.1, -0.05) is 17.7 Å².